The van der Waals surface area contributed by atoms with Gasteiger partial charge >= 0.3 is 6.03 Å². The van der Waals surface area contributed by atoms with Gasteiger partial charge < -0.3 is 9.73 Å². The first kappa shape index (κ1) is 19.2. The molecule has 3 amide bonds. The molecule has 1 saturated heterocycles. The number of hydrogen-bond donors (Lipinski definition) is 1. The minimum Gasteiger partial charge on any atom is -0.457 e. The van der Waals surface area contributed by atoms with Crippen molar-refractivity contribution in [2.45, 2.75) is 20.4 Å². The van der Waals surface area contributed by atoms with E-state index in [1.165, 1.54) is 4.90 Å². The second-order valence-electron chi connectivity index (χ2n) is 7.05. The van der Waals surface area contributed by atoms with E-state index in [1.54, 1.807) is 12.1 Å². The van der Waals surface area contributed by atoms with Crippen LogP contribution in [-0.2, 0) is 11.3 Å². The third-order valence-electron chi connectivity index (χ3n) is 4.69. The number of nitrogens with one attached hydrogen (secondary N) is 1. The zero-order valence-electron chi connectivity index (χ0n) is 16.0. The van der Waals surface area contributed by atoms with Crippen LogP contribution in [-0.4, -0.2) is 16.8 Å². The molecule has 146 valence electrons. The van der Waals surface area contributed by atoms with Gasteiger partial charge in [0.1, 0.15) is 17.2 Å². The summed E-state index contributed by atoms with van der Waals surface area (Å²) >= 11 is 3.55. The molecular formula is C23H19BrN2O3. The number of hydrogen-bond acceptors (Lipinski definition) is 3. The molecule has 0 saturated carbocycles. The Hall–Kier alpha value is -3.12. The van der Waals surface area contributed by atoms with E-state index >= 15 is 0 Å². The molecule has 0 spiro atoms. The molecule has 4 rings (SSSR count). The smallest absolute Gasteiger partial charge is 0.329 e. The van der Waals surface area contributed by atoms with Crippen LogP contribution in [0.2, 0.25) is 0 Å². The second kappa shape index (κ2) is 7.72. The Morgan fingerprint density at radius 1 is 1.03 bits per heavy atom. The first-order valence-electron chi connectivity index (χ1n) is 9.17. The van der Waals surface area contributed by atoms with Gasteiger partial charge in [0.25, 0.3) is 5.91 Å². The van der Waals surface area contributed by atoms with E-state index in [0.29, 0.717) is 11.5 Å². The third kappa shape index (κ3) is 4.03. The van der Waals surface area contributed by atoms with Gasteiger partial charge in [0.2, 0.25) is 0 Å². The number of rotatable bonds is 4. The van der Waals surface area contributed by atoms with E-state index in [9.17, 15) is 9.59 Å². The maximum absolute atomic E-state index is 12.7. The summed E-state index contributed by atoms with van der Waals surface area (Å²) in [4.78, 5) is 26.2. The molecule has 6 heteroatoms. The number of carbonyl (C=O) groups is 2. The predicted molar refractivity (Wildman–Crippen MR) is 115 cm³/mol. The van der Waals surface area contributed by atoms with E-state index in [2.05, 4.69) is 21.2 Å². The van der Waals surface area contributed by atoms with Crippen LogP contribution in [0.5, 0.6) is 0 Å². The number of nitrogens with zero attached hydrogens (tertiary/aromatic N) is 1. The van der Waals surface area contributed by atoms with Gasteiger partial charge in [-0.25, -0.2) is 4.79 Å². The average Bonchev–Trinajstić information content (AvgIpc) is 3.22. The van der Waals surface area contributed by atoms with Crippen LogP contribution in [0.3, 0.4) is 0 Å². The molecule has 0 radical (unpaired) electrons. The van der Waals surface area contributed by atoms with E-state index in [4.69, 9.17) is 4.42 Å². The van der Waals surface area contributed by atoms with Crippen molar-refractivity contribution in [2.75, 3.05) is 0 Å². The van der Waals surface area contributed by atoms with Gasteiger partial charge in [0.05, 0.1) is 6.54 Å². The summed E-state index contributed by atoms with van der Waals surface area (Å²) in [7, 11) is 0. The number of imide groups is 1. The quantitative estimate of drug-likeness (QED) is 0.426. The van der Waals surface area contributed by atoms with Gasteiger partial charge in [-0.1, -0.05) is 51.8 Å². The highest BCUT2D eigenvalue weighted by Gasteiger charge is 2.33. The van der Waals surface area contributed by atoms with Gasteiger partial charge in [0, 0.05) is 16.1 Å². The second-order valence-corrected chi connectivity index (χ2v) is 7.91. The fraction of sp³-hybridized carbons (Fsp3) is 0.130. The summed E-state index contributed by atoms with van der Waals surface area (Å²) in [5.41, 5.74) is 4.24. The molecule has 0 aliphatic carbocycles. The number of aryl methyl sites for hydroxylation is 2. The monoisotopic (exact) mass is 450 g/mol. The van der Waals surface area contributed by atoms with Crippen molar-refractivity contribution in [3.8, 4) is 11.3 Å². The molecule has 1 aliphatic rings. The molecule has 5 nitrogen and oxygen atoms in total. The molecule has 29 heavy (non-hydrogen) atoms. The molecule has 3 aromatic rings. The van der Waals surface area contributed by atoms with E-state index < -0.39 is 6.03 Å². The normalized spacial score (nSPS) is 15.3. The summed E-state index contributed by atoms with van der Waals surface area (Å²) in [6.45, 7) is 4.22. The number of halogens is 1. The molecular weight excluding hydrogens is 432 g/mol. The van der Waals surface area contributed by atoms with E-state index in [0.717, 1.165) is 26.7 Å². The Balaban J connectivity index is 1.55. The fourth-order valence-corrected chi connectivity index (χ4v) is 3.93. The average molecular weight is 451 g/mol. The minimum absolute atomic E-state index is 0.200. The molecule has 1 fully saturated rings. The highest BCUT2D eigenvalue weighted by atomic mass is 79.9. The van der Waals surface area contributed by atoms with Crippen LogP contribution in [0, 0.1) is 13.8 Å². The SMILES string of the molecule is Cc1cccc(CN2C(=O)N/C(=C\c3ccc(-c4ccc(C)cc4Br)o3)C2=O)c1. The molecule has 0 atom stereocenters. The van der Waals surface area contributed by atoms with Gasteiger partial charge in [-0.05, 0) is 49.2 Å². The summed E-state index contributed by atoms with van der Waals surface area (Å²) in [6, 6.07) is 16.9. The van der Waals surface area contributed by atoms with Gasteiger partial charge in [-0.3, -0.25) is 9.69 Å². The van der Waals surface area contributed by atoms with Crippen molar-refractivity contribution in [1.82, 2.24) is 10.2 Å². The van der Waals surface area contributed by atoms with Crippen molar-refractivity contribution in [3.63, 3.8) is 0 Å². The molecule has 1 N–H and O–H groups in total. The highest BCUT2D eigenvalue weighted by molar-refractivity contribution is 9.10. The maximum atomic E-state index is 12.7. The van der Waals surface area contributed by atoms with Gasteiger partial charge in [-0.2, -0.15) is 0 Å². The largest absolute Gasteiger partial charge is 0.457 e. The Morgan fingerprint density at radius 3 is 2.59 bits per heavy atom. The van der Waals surface area contributed by atoms with Gasteiger partial charge in [0.15, 0.2) is 0 Å². The lowest BCUT2D eigenvalue weighted by molar-refractivity contribution is -0.123. The van der Waals surface area contributed by atoms with Crippen LogP contribution in [0.25, 0.3) is 17.4 Å². The Labute approximate surface area is 177 Å². The molecule has 0 unspecified atom stereocenters. The Morgan fingerprint density at radius 2 is 1.83 bits per heavy atom. The summed E-state index contributed by atoms with van der Waals surface area (Å²) in [6.07, 6.45) is 1.56. The minimum atomic E-state index is -0.434. The lowest BCUT2D eigenvalue weighted by Gasteiger charge is -2.12. The van der Waals surface area contributed by atoms with Gasteiger partial charge in [-0.15, -0.1) is 0 Å². The summed E-state index contributed by atoms with van der Waals surface area (Å²) < 4.78 is 6.81. The zero-order valence-corrected chi connectivity index (χ0v) is 17.6. The first-order valence-corrected chi connectivity index (χ1v) is 9.96. The van der Waals surface area contributed by atoms with Crippen molar-refractivity contribution in [2.24, 2.45) is 0 Å². The fourth-order valence-electron chi connectivity index (χ4n) is 3.25. The number of amides is 3. The molecule has 0 bridgehead atoms. The molecule has 1 aromatic heterocycles. The van der Waals surface area contributed by atoms with Crippen molar-refractivity contribution >= 4 is 33.9 Å². The van der Waals surface area contributed by atoms with Crippen molar-refractivity contribution in [1.29, 1.82) is 0 Å². The number of furan rings is 1. The van der Waals surface area contributed by atoms with Crippen LogP contribution >= 0.6 is 15.9 Å². The lowest BCUT2D eigenvalue weighted by atomic mass is 10.1. The lowest BCUT2D eigenvalue weighted by Crippen LogP contribution is -2.30. The topological polar surface area (TPSA) is 62.6 Å². The standard InChI is InChI=1S/C23H19BrN2O3/c1-14-4-3-5-16(10-14)13-26-22(27)20(25-23(26)28)12-17-7-9-21(29-17)18-8-6-15(2)11-19(18)24/h3-12H,13H2,1-2H3,(H,25,28)/b20-12-. The Kier molecular flexibility index (Phi) is 5.11. The first-order chi connectivity index (χ1) is 13.9. The van der Waals surface area contributed by atoms with Crippen LogP contribution < -0.4 is 5.32 Å². The molecule has 2 heterocycles. The zero-order chi connectivity index (χ0) is 20.5. The Bertz CT molecular complexity index is 1150. The van der Waals surface area contributed by atoms with Crippen LogP contribution in [0.1, 0.15) is 22.5 Å². The van der Waals surface area contributed by atoms with Crippen LogP contribution in [0.15, 0.2) is 69.2 Å². The number of benzene rings is 2. The van der Waals surface area contributed by atoms with E-state index in [1.807, 2.05) is 62.4 Å². The van der Waals surface area contributed by atoms with Crippen molar-refractivity contribution in [3.05, 3.63) is 87.2 Å². The molecule has 1 aliphatic heterocycles. The maximum Gasteiger partial charge on any atom is 0.329 e. The van der Waals surface area contributed by atoms with Crippen molar-refractivity contribution < 1.29 is 14.0 Å². The molecule has 2 aromatic carbocycles. The van der Waals surface area contributed by atoms with Crippen LogP contribution in [0.4, 0.5) is 4.79 Å². The number of carbonyl (C=O) groups excluding carboxylic acids is 2. The van der Waals surface area contributed by atoms with E-state index in [-0.39, 0.29) is 18.1 Å². The summed E-state index contributed by atoms with van der Waals surface area (Å²) in [5, 5.41) is 2.63. The highest BCUT2D eigenvalue weighted by Crippen LogP contribution is 2.31. The third-order valence-corrected chi connectivity index (χ3v) is 5.34. The summed E-state index contributed by atoms with van der Waals surface area (Å²) in [5.74, 6) is 0.802. The predicted octanol–water partition coefficient (Wildman–Crippen LogP) is 5.42. The number of urea groups is 1.